The Hall–Kier alpha value is -1.30. The van der Waals surface area contributed by atoms with Gasteiger partial charge in [-0.15, -0.1) is 0 Å². The van der Waals surface area contributed by atoms with Crippen LogP contribution in [0.15, 0.2) is 0 Å². The van der Waals surface area contributed by atoms with Crippen molar-refractivity contribution in [1.29, 1.82) is 0 Å². The van der Waals surface area contributed by atoms with Crippen molar-refractivity contribution in [2.24, 2.45) is 0 Å². The molecule has 21 heavy (non-hydrogen) atoms. The van der Waals surface area contributed by atoms with E-state index in [2.05, 4.69) is 0 Å². The summed E-state index contributed by atoms with van der Waals surface area (Å²) in [6, 6.07) is -0.0899. The second-order valence-electron chi connectivity index (χ2n) is 6.38. The quantitative estimate of drug-likeness (QED) is 0.785. The van der Waals surface area contributed by atoms with Gasteiger partial charge in [0.2, 0.25) is 0 Å². The normalized spacial score (nSPS) is 19.4. The smallest absolute Gasteiger partial charge is 0.320 e. The lowest BCUT2D eigenvalue weighted by atomic mass is 9.98. The SMILES string of the molecule is CCN(CC(C)(C)O)C(=O)N1CCCCC1CCC(=O)O. The number of rotatable bonds is 6. The molecule has 1 heterocycles. The van der Waals surface area contributed by atoms with Gasteiger partial charge in [-0.1, -0.05) is 0 Å². The molecule has 6 heteroatoms. The maximum atomic E-state index is 12.7. The highest BCUT2D eigenvalue weighted by atomic mass is 16.4. The molecular weight excluding hydrogens is 272 g/mol. The van der Waals surface area contributed by atoms with Crippen molar-refractivity contribution in [3.05, 3.63) is 0 Å². The van der Waals surface area contributed by atoms with Crippen LogP contribution in [0, 0.1) is 0 Å². The van der Waals surface area contributed by atoms with Gasteiger partial charge in [0.1, 0.15) is 0 Å². The maximum absolute atomic E-state index is 12.7. The topological polar surface area (TPSA) is 81.1 Å². The lowest BCUT2D eigenvalue weighted by molar-refractivity contribution is -0.137. The summed E-state index contributed by atoms with van der Waals surface area (Å²) < 4.78 is 0. The Morgan fingerprint density at radius 3 is 2.52 bits per heavy atom. The second-order valence-corrected chi connectivity index (χ2v) is 6.38. The number of carbonyl (C=O) groups excluding carboxylic acids is 1. The van der Waals surface area contributed by atoms with Crippen molar-refractivity contribution in [2.75, 3.05) is 19.6 Å². The summed E-state index contributed by atoms with van der Waals surface area (Å²) in [5.41, 5.74) is -0.933. The van der Waals surface area contributed by atoms with E-state index < -0.39 is 11.6 Å². The number of hydrogen-bond acceptors (Lipinski definition) is 3. The van der Waals surface area contributed by atoms with Crippen LogP contribution < -0.4 is 0 Å². The Labute approximate surface area is 126 Å². The van der Waals surface area contributed by atoms with Gasteiger partial charge in [-0.25, -0.2) is 4.79 Å². The minimum atomic E-state index is -0.933. The molecule has 6 nitrogen and oxygen atoms in total. The summed E-state index contributed by atoms with van der Waals surface area (Å²) in [5.74, 6) is -0.822. The van der Waals surface area contributed by atoms with Gasteiger partial charge in [0.15, 0.2) is 0 Å². The zero-order valence-electron chi connectivity index (χ0n) is 13.3. The average Bonchev–Trinajstić information content (AvgIpc) is 2.41. The Kier molecular flexibility index (Phi) is 6.45. The Morgan fingerprint density at radius 1 is 1.33 bits per heavy atom. The molecule has 122 valence electrons. The maximum Gasteiger partial charge on any atom is 0.320 e. The summed E-state index contributed by atoms with van der Waals surface area (Å²) in [6.07, 6.45) is 3.44. The first-order valence-electron chi connectivity index (χ1n) is 7.74. The third kappa shape index (κ3) is 5.91. The van der Waals surface area contributed by atoms with Crippen molar-refractivity contribution in [3.8, 4) is 0 Å². The number of nitrogens with zero attached hydrogens (tertiary/aromatic N) is 2. The van der Waals surface area contributed by atoms with Gasteiger partial charge in [0.25, 0.3) is 0 Å². The predicted molar refractivity (Wildman–Crippen MR) is 80.2 cm³/mol. The number of piperidine rings is 1. The molecule has 1 atom stereocenters. The van der Waals surface area contributed by atoms with E-state index in [1.54, 1.807) is 23.6 Å². The van der Waals surface area contributed by atoms with Crippen LogP contribution in [0.2, 0.25) is 0 Å². The van der Waals surface area contributed by atoms with Gasteiger partial charge >= 0.3 is 12.0 Å². The van der Waals surface area contributed by atoms with Crippen molar-refractivity contribution < 1.29 is 19.8 Å². The van der Waals surface area contributed by atoms with Crippen LogP contribution in [-0.4, -0.2) is 63.3 Å². The predicted octanol–water partition coefficient (Wildman–Crippen LogP) is 1.92. The van der Waals surface area contributed by atoms with Gasteiger partial charge in [0.05, 0.1) is 12.1 Å². The largest absolute Gasteiger partial charge is 0.481 e. The summed E-state index contributed by atoms with van der Waals surface area (Å²) >= 11 is 0. The number of urea groups is 1. The third-order valence-electron chi connectivity index (χ3n) is 3.79. The van der Waals surface area contributed by atoms with Crippen molar-refractivity contribution in [2.45, 2.75) is 64.5 Å². The third-order valence-corrected chi connectivity index (χ3v) is 3.79. The molecule has 2 N–H and O–H groups in total. The molecule has 0 aromatic carbocycles. The summed E-state index contributed by atoms with van der Waals surface area (Å²) in [6.45, 7) is 6.74. The number of likely N-dealkylation sites (tertiary alicyclic amines) is 1. The van der Waals surface area contributed by atoms with Crippen molar-refractivity contribution in [1.82, 2.24) is 9.80 Å². The van der Waals surface area contributed by atoms with Crippen LogP contribution in [0.25, 0.3) is 0 Å². The standard InChI is InChI=1S/C15H28N2O4/c1-4-16(11-15(2,3)21)14(20)17-10-6-5-7-12(17)8-9-13(18)19/h12,21H,4-11H2,1-3H3,(H,18,19). The van der Waals surface area contributed by atoms with Gasteiger partial charge < -0.3 is 20.0 Å². The first-order valence-corrected chi connectivity index (χ1v) is 7.74. The van der Waals surface area contributed by atoms with Gasteiger partial charge in [-0.3, -0.25) is 4.79 Å². The monoisotopic (exact) mass is 300 g/mol. The van der Waals surface area contributed by atoms with E-state index in [-0.39, 0.29) is 25.0 Å². The van der Waals surface area contributed by atoms with E-state index in [9.17, 15) is 14.7 Å². The molecule has 1 saturated heterocycles. The molecule has 0 spiro atoms. The minimum absolute atomic E-state index is 0.00166. The fraction of sp³-hybridized carbons (Fsp3) is 0.867. The number of amides is 2. The van der Waals surface area contributed by atoms with Crippen LogP contribution in [-0.2, 0) is 4.79 Å². The molecule has 1 aliphatic heterocycles. The summed E-state index contributed by atoms with van der Waals surface area (Å²) in [7, 11) is 0. The molecule has 1 fully saturated rings. The molecule has 0 radical (unpaired) electrons. The molecule has 1 aliphatic rings. The molecule has 1 unspecified atom stereocenters. The highest BCUT2D eigenvalue weighted by Gasteiger charge is 2.31. The number of aliphatic carboxylic acids is 1. The lowest BCUT2D eigenvalue weighted by Gasteiger charge is -2.40. The first-order chi connectivity index (χ1) is 9.74. The van der Waals surface area contributed by atoms with Gasteiger partial charge in [0, 0.05) is 25.6 Å². The van der Waals surface area contributed by atoms with Crippen LogP contribution in [0.4, 0.5) is 4.79 Å². The van der Waals surface area contributed by atoms with E-state index in [4.69, 9.17) is 5.11 Å². The van der Waals surface area contributed by atoms with Crippen LogP contribution >= 0.6 is 0 Å². The molecule has 0 aromatic heterocycles. The number of carboxylic acid groups (broad SMARTS) is 1. The molecule has 1 rings (SSSR count). The number of hydrogen-bond donors (Lipinski definition) is 2. The molecule has 0 bridgehead atoms. The van der Waals surface area contributed by atoms with Crippen molar-refractivity contribution >= 4 is 12.0 Å². The Balaban J connectivity index is 2.72. The fourth-order valence-electron chi connectivity index (χ4n) is 2.81. The van der Waals surface area contributed by atoms with Gasteiger partial charge in [-0.05, 0) is 46.5 Å². The zero-order valence-corrected chi connectivity index (χ0v) is 13.3. The molecule has 0 saturated carbocycles. The zero-order chi connectivity index (χ0) is 16.0. The molecule has 2 amide bonds. The Morgan fingerprint density at radius 2 is 2.00 bits per heavy atom. The van der Waals surface area contributed by atoms with Crippen molar-refractivity contribution in [3.63, 3.8) is 0 Å². The van der Waals surface area contributed by atoms with Gasteiger partial charge in [-0.2, -0.15) is 0 Å². The summed E-state index contributed by atoms with van der Waals surface area (Å²) in [4.78, 5) is 26.8. The lowest BCUT2D eigenvalue weighted by Crippen LogP contribution is -2.53. The number of carboxylic acids is 1. The number of aliphatic hydroxyl groups is 1. The molecule has 0 aromatic rings. The molecule has 0 aliphatic carbocycles. The Bertz CT molecular complexity index is 365. The highest BCUT2D eigenvalue weighted by Crippen LogP contribution is 2.23. The first kappa shape index (κ1) is 17.8. The van der Waals surface area contributed by atoms with Crippen LogP contribution in [0.3, 0.4) is 0 Å². The van der Waals surface area contributed by atoms with E-state index in [1.807, 2.05) is 6.92 Å². The van der Waals surface area contributed by atoms with Crippen LogP contribution in [0.1, 0.15) is 52.9 Å². The van der Waals surface area contributed by atoms with E-state index in [0.717, 1.165) is 19.3 Å². The summed E-state index contributed by atoms with van der Waals surface area (Å²) in [5, 5.41) is 18.7. The number of likely N-dealkylation sites (N-methyl/N-ethyl adjacent to an activating group) is 1. The number of carbonyl (C=O) groups is 2. The molecular formula is C15H28N2O4. The fourth-order valence-corrected chi connectivity index (χ4v) is 2.81. The minimum Gasteiger partial charge on any atom is -0.481 e. The van der Waals surface area contributed by atoms with E-state index in [1.165, 1.54) is 0 Å². The van der Waals surface area contributed by atoms with E-state index in [0.29, 0.717) is 19.5 Å². The van der Waals surface area contributed by atoms with E-state index >= 15 is 0 Å². The highest BCUT2D eigenvalue weighted by molar-refractivity contribution is 5.75. The van der Waals surface area contributed by atoms with Crippen LogP contribution in [0.5, 0.6) is 0 Å². The second kappa shape index (κ2) is 7.64. The average molecular weight is 300 g/mol.